The van der Waals surface area contributed by atoms with Gasteiger partial charge in [-0.25, -0.2) is 8.78 Å². The van der Waals surface area contributed by atoms with Gasteiger partial charge in [0.2, 0.25) is 0 Å². The zero-order chi connectivity index (χ0) is 12.5. The minimum Gasteiger partial charge on any atom is -0.321 e. The van der Waals surface area contributed by atoms with E-state index in [0.717, 1.165) is 32.1 Å². The summed E-state index contributed by atoms with van der Waals surface area (Å²) in [4.78, 5) is 0.339. The topological polar surface area (TPSA) is 26.0 Å². The van der Waals surface area contributed by atoms with Crippen LogP contribution in [0.5, 0.6) is 0 Å². The van der Waals surface area contributed by atoms with Gasteiger partial charge in [-0.2, -0.15) is 0 Å². The Hall–Kier alpha value is -0.610. The molecule has 1 fully saturated rings. The van der Waals surface area contributed by atoms with Gasteiger partial charge in [0, 0.05) is 16.0 Å². The summed E-state index contributed by atoms with van der Waals surface area (Å²) in [5.41, 5.74) is 5.89. The van der Waals surface area contributed by atoms with E-state index in [9.17, 15) is 8.78 Å². The number of hydrogen-bond donors (Lipinski definition) is 1. The van der Waals surface area contributed by atoms with Crippen LogP contribution in [0.4, 0.5) is 8.78 Å². The fraction of sp³-hybridized carbons (Fsp3) is 0.538. The third-order valence-electron chi connectivity index (χ3n) is 3.55. The summed E-state index contributed by atoms with van der Waals surface area (Å²) in [5, 5.41) is 0. The van der Waals surface area contributed by atoms with Crippen molar-refractivity contribution in [1.29, 1.82) is 0 Å². The van der Waals surface area contributed by atoms with Gasteiger partial charge >= 0.3 is 0 Å². The second-order valence-electron chi connectivity index (χ2n) is 4.66. The predicted octanol–water partition coefficient (Wildman–Crippen LogP) is 3.80. The maximum Gasteiger partial charge on any atom is 0.172 e. The average Bonchev–Trinajstić information content (AvgIpc) is 2.33. The van der Waals surface area contributed by atoms with Crippen LogP contribution in [-0.2, 0) is 5.54 Å². The molecule has 0 spiro atoms. The Labute approximate surface area is 105 Å². The molecule has 17 heavy (non-hydrogen) atoms. The van der Waals surface area contributed by atoms with Gasteiger partial charge in [0.15, 0.2) is 11.6 Å². The van der Waals surface area contributed by atoms with E-state index in [0.29, 0.717) is 10.5 Å². The van der Waals surface area contributed by atoms with Gasteiger partial charge in [0.1, 0.15) is 0 Å². The van der Waals surface area contributed by atoms with Crippen LogP contribution in [-0.4, -0.2) is 6.26 Å². The van der Waals surface area contributed by atoms with Crippen LogP contribution in [0.25, 0.3) is 0 Å². The molecule has 0 atom stereocenters. The summed E-state index contributed by atoms with van der Waals surface area (Å²) in [7, 11) is 0. The van der Waals surface area contributed by atoms with E-state index in [2.05, 4.69) is 0 Å². The third-order valence-corrected chi connectivity index (χ3v) is 4.30. The number of hydrogen-bond acceptors (Lipinski definition) is 2. The molecule has 0 aromatic heterocycles. The molecular weight excluding hydrogens is 240 g/mol. The first kappa shape index (κ1) is 12.8. The standard InChI is InChI=1S/C13H17F2NS/c1-17-10-6-5-9(11(14)12(10)15)13(16)7-3-2-4-8-13/h5-6H,2-4,7-8,16H2,1H3. The van der Waals surface area contributed by atoms with E-state index in [-0.39, 0.29) is 0 Å². The van der Waals surface area contributed by atoms with E-state index in [1.807, 2.05) is 0 Å². The van der Waals surface area contributed by atoms with Crippen molar-refractivity contribution in [1.82, 2.24) is 0 Å². The molecule has 1 nitrogen and oxygen atoms in total. The number of rotatable bonds is 2. The number of thioether (sulfide) groups is 1. The Morgan fingerprint density at radius 1 is 1.12 bits per heavy atom. The lowest BCUT2D eigenvalue weighted by Gasteiger charge is -2.34. The van der Waals surface area contributed by atoms with Crippen molar-refractivity contribution in [2.75, 3.05) is 6.26 Å². The van der Waals surface area contributed by atoms with Crippen molar-refractivity contribution in [2.24, 2.45) is 5.73 Å². The fourth-order valence-corrected chi connectivity index (χ4v) is 3.00. The molecule has 1 aromatic carbocycles. The first-order valence-electron chi connectivity index (χ1n) is 5.90. The first-order chi connectivity index (χ1) is 8.08. The largest absolute Gasteiger partial charge is 0.321 e. The zero-order valence-corrected chi connectivity index (χ0v) is 10.7. The van der Waals surface area contributed by atoms with Crippen molar-refractivity contribution in [3.05, 3.63) is 29.3 Å². The molecule has 0 unspecified atom stereocenters. The number of nitrogens with two attached hydrogens (primary N) is 1. The quantitative estimate of drug-likeness (QED) is 0.815. The summed E-state index contributed by atoms with van der Waals surface area (Å²) in [5.74, 6) is -1.52. The second-order valence-corrected chi connectivity index (χ2v) is 5.51. The molecule has 0 saturated heterocycles. The van der Waals surface area contributed by atoms with E-state index in [1.54, 1.807) is 18.4 Å². The zero-order valence-electron chi connectivity index (χ0n) is 9.93. The predicted molar refractivity (Wildman–Crippen MR) is 67.1 cm³/mol. The molecule has 1 saturated carbocycles. The van der Waals surface area contributed by atoms with Crippen molar-refractivity contribution >= 4 is 11.8 Å². The highest BCUT2D eigenvalue weighted by atomic mass is 32.2. The molecule has 0 amide bonds. The average molecular weight is 257 g/mol. The van der Waals surface area contributed by atoms with Gasteiger partial charge < -0.3 is 5.73 Å². The minimum absolute atomic E-state index is 0.339. The summed E-state index contributed by atoms with van der Waals surface area (Å²) in [6.07, 6.45) is 6.32. The highest BCUT2D eigenvalue weighted by Crippen LogP contribution is 2.37. The fourth-order valence-electron chi connectivity index (χ4n) is 2.53. The van der Waals surface area contributed by atoms with Gasteiger partial charge in [-0.15, -0.1) is 11.8 Å². The van der Waals surface area contributed by atoms with Gasteiger partial charge in [-0.05, 0) is 25.2 Å². The van der Waals surface area contributed by atoms with Crippen molar-refractivity contribution in [2.45, 2.75) is 42.5 Å². The molecular formula is C13H17F2NS. The second kappa shape index (κ2) is 4.94. The molecule has 0 bridgehead atoms. The van der Waals surface area contributed by atoms with Crippen LogP contribution in [0, 0.1) is 11.6 Å². The molecule has 2 N–H and O–H groups in total. The normalized spacial score (nSPS) is 19.3. The highest BCUT2D eigenvalue weighted by molar-refractivity contribution is 7.98. The number of halogens is 2. The SMILES string of the molecule is CSc1ccc(C2(N)CCCCC2)c(F)c1F. The van der Waals surface area contributed by atoms with Crippen molar-refractivity contribution in [3.63, 3.8) is 0 Å². The highest BCUT2D eigenvalue weighted by Gasteiger charge is 2.33. The van der Waals surface area contributed by atoms with Gasteiger partial charge in [-0.3, -0.25) is 0 Å². The molecule has 1 aliphatic carbocycles. The summed E-state index contributed by atoms with van der Waals surface area (Å²) in [6, 6.07) is 3.27. The molecule has 2 rings (SSSR count). The van der Waals surface area contributed by atoms with Crippen molar-refractivity contribution in [3.8, 4) is 0 Å². The molecule has 1 aliphatic rings. The molecule has 4 heteroatoms. The van der Waals surface area contributed by atoms with Gasteiger partial charge in [-0.1, -0.05) is 25.3 Å². The van der Waals surface area contributed by atoms with E-state index < -0.39 is 17.2 Å². The molecule has 1 aromatic rings. The van der Waals surface area contributed by atoms with Gasteiger partial charge in [0.05, 0.1) is 0 Å². The van der Waals surface area contributed by atoms with Crippen LogP contribution in [0.2, 0.25) is 0 Å². The van der Waals surface area contributed by atoms with Crippen LogP contribution < -0.4 is 5.73 Å². The molecule has 0 heterocycles. The Balaban J connectivity index is 2.42. The Morgan fingerprint density at radius 3 is 2.35 bits per heavy atom. The smallest absolute Gasteiger partial charge is 0.172 e. The maximum absolute atomic E-state index is 14.0. The maximum atomic E-state index is 14.0. The molecule has 94 valence electrons. The number of benzene rings is 1. The molecule has 0 radical (unpaired) electrons. The third kappa shape index (κ3) is 2.33. The first-order valence-corrected chi connectivity index (χ1v) is 7.12. The lowest BCUT2D eigenvalue weighted by molar-refractivity contribution is 0.288. The Kier molecular flexibility index (Phi) is 3.73. The summed E-state index contributed by atoms with van der Waals surface area (Å²) < 4.78 is 27.7. The van der Waals surface area contributed by atoms with Crippen LogP contribution in [0.15, 0.2) is 17.0 Å². The molecule has 0 aliphatic heterocycles. The summed E-state index contributed by atoms with van der Waals surface area (Å²) in [6.45, 7) is 0. The Bertz CT molecular complexity index is 414. The Morgan fingerprint density at radius 2 is 1.76 bits per heavy atom. The lowest BCUT2D eigenvalue weighted by atomic mass is 9.77. The van der Waals surface area contributed by atoms with E-state index >= 15 is 0 Å². The monoisotopic (exact) mass is 257 g/mol. The van der Waals surface area contributed by atoms with Crippen LogP contribution >= 0.6 is 11.8 Å². The van der Waals surface area contributed by atoms with Gasteiger partial charge in [0.25, 0.3) is 0 Å². The van der Waals surface area contributed by atoms with E-state index in [1.165, 1.54) is 11.8 Å². The van der Waals surface area contributed by atoms with E-state index in [4.69, 9.17) is 5.73 Å². The lowest BCUT2D eigenvalue weighted by Crippen LogP contribution is -2.39. The van der Waals surface area contributed by atoms with Crippen LogP contribution in [0.3, 0.4) is 0 Å². The minimum atomic E-state index is -0.763. The van der Waals surface area contributed by atoms with Crippen molar-refractivity contribution < 1.29 is 8.78 Å². The summed E-state index contributed by atoms with van der Waals surface area (Å²) >= 11 is 1.21. The van der Waals surface area contributed by atoms with Crippen LogP contribution in [0.1, 0.15) is 37.7 Å².